The minimum Gasteiger partial charge on any atom is -0.392 e. The number of pyridine rings is 1. The minimum absolute atomic E-state index is 0.123. The first kappa shape index (κ1) is 13.7. The molecular weight excluding hydrogens is 223 g/mol. The molecule has 0 aliphatic rings. The zero-order valence-corrected chi connectivity index (χ0v) is 10.1. The lowest BCUT2D eigenvalue weighted by Gasteiger charge is -2.17. The Kier molecular flexibility index (Phi) is 5.18. The van der Waals surface area contributed by atoms with Crippen LogP contribution in [0.5, 0.6) is 0 Å². The molecule has 5 heteroatoms. The van der Waals surface area contributed by atoms with E-state index in [1.54, 1.807) is 6.92 Å². The summed E-state index contributed by atoms with van der Waals surface area (Å²) < 4.78 is 12.6. The number of Topliss-reactive ketones (excluding diaryl/α,β-unsaturated/α-hetero) is 1. The fourth-order valence-corrected chi connectivity index (χ4v) is 1.50. The lowest BCUT2D eigenvalue weighted by atomic mass is 10.2. The fraction of sp³-hybridized carbons (Fsp3) is 0.500. The van der Waals surface area contributed by atoms with Crippen LogP contribution in [-0.2, 0) is 0 Å². The molecule has 0 spiro atoms. The monoisotopic (exact) mass is 240 g/mol. The van der Waals surface area contributed by atoms with Gasteiger partial charge in [-0.15, -0.1) is 0 Å². The summed E-state index contributed by atoms with van der Waals surface area (Å²) in [5.41, 5.74) is 0.275. The molecule has 0 fully saturated rings. The Balaban J connectivity index is 2.42. The largest absolute Gasteiger partial charge is 0.392 e. The average molecular weight is 240 g/mol. The quantitative estimate of drug-likeness (QED) is 0.757. The molecule has 1 aromatic heterocycles. The molecule has 0 aliphatic carbocycles. The minimum atomic E-state index is -0.451. The summed E-state index contributed by atoms with van der Waals surface area (Å²) in [5.74, 6) is -0.574. The molecule has 17 heavy (non-hydrogen) atoms. The Hall–Kier alpha value is -1.33. The van der Waals surface area contributed by atoms with Crippen molar-refractivity contribution in [2.24, 2.45) is 0 Å². The second-order valence-electron chi connectivity index (χ2n) is 4.15. The van der Waals surface area contributed by atoms with Crippen molar-refractivity contribution in [3.8, 4) is 0 Å². The number of aliphatic hydroxyl groups is 1. The Bertz CT molecular complexity index is 365. The van der Waals surface area contributed by atoms with Crippen LogP contribution in [0.2, 0.25) is 0 Å². The van der Waals surface area contributed by atoms with Crippen LogP contribution in [0.3, 0.4) is 0 Å². The standard InChI is InChI=1S/C12H17FN2O2/c1-9(16)8-15(2)6-5-12(17)11-4-3-10(13)7-14-11/h3-4,7,9,16H,5-6,8H2,1-2H3. The summed E-state index contributed by atoms with van der Waals surface area (Å²) in [4.78, 5) is 17.3. The van der Waals surface area contributed by atoms with Crippen molar-refractivity contribution >= 4 is 5.78 Å². The highest BCUT2D eigenvalue weighted by atomic mass is 19.1. The van der Waals surface area contributed by atoms with Crippen LogP contribution in [0.15, 0.2) is 18.3 Å². The van der Waals surface area contributed by atoms with Crippen LogP contribution < -0.4 is 0 Å². The third kappa shape index (κ3) is 5.01. The van der Waals surface area contributed by atoms with Crippen molar-refractivity contribution in [1.82, 2.24) is 9.88 Å². The van der Waals surface area contributed by atoms with Gasteiger partial charge in [0, 0.05) is 19.5 Å². The van der Waals surface area contributed by atoms with Gasteiger partial charge in [-0.1, -0.05) is 0 Å². The Labute approximate surface area is 100 Å². The predicted molar refractivity (Wildman–Crippen MR) is 62.3 cm³/mol. The topological polar surface area (TPSA) is 53.4 Å². The molecule has 1 rings (SSSR count). The van der Waals surface area contributed by atoms with Crippen LogP contribution in [0.4, 0.5) is 4.39 Å². The van der Waals surface area contributed by atoms with E-state index >= 15 is 0 Å². The maximum atomic E-state index is 12.6. The first-order chi connectivity index (χ1) is 7.99. The summed E-state index contributed by atoms with van der Waals surface area (Å²) in [6.07, 6.45) is 0.924. The van der Waals surface area contributed by atoms with E-state index in [1.807, 2.05) is 11.9 Å². The molecule has 1 N–H and O–H groups in total. The van der Waals surface area contributed by atoms with Crippen LogP contribution in [0, 0.1) is 5.82 Å². The van der Waals surface area contributed by atoms with Crippen LogP contribution in [0.1, 0.15) is 23.8 Å². The summed E-state index contributed by atoms with van der Waals surface area (Å²) >= 11 is 0. The van der Waals surface area contributed by atoms with Crippen molar-refractivity contribution in [3.05, 3.63) is 29.8 Å². The van der Waals surface area contributed by atoms with Crippen molar-refractivity contribution in [1.29, 1.82) is 0 Å². The summed E-state index contributed by atoms with van der Waals surface area (Å²) in [6.45, 7) is 2.76. The second-order valence-corrected chi connectivity index (χ2v) is 4.15. The lowest BCUT2D eigenvalue weighted by Crippen LogP contribution is -2.29. The molecule has 0 saturated heterocycles. The smallest absolute Gasteiger partial charge is 0.182 e. The number of halogens is 1. The number of carbonyl (C=O) groups is 1. The maximum Gasteiger partial charge on any atom is 0.182 e. The van der Waals surface area contributed by atoms with E-state index in [2.05, 4.69) is 4.98 Å². The molecule has 1 atom stereocenters. The SMILES string of the molecule is CC(O)CN(C)CCC(=O)c1ccc(F)cn1. The van der Waals surface area contributed by atoms with Gasteiger partial charge in [-0.2, -0.15) is 0 Å². The Morgan fingerprint density at radius 1 is 1.59 bits per heavy atom. The molecule has 1 aromatic rings. The number of hydrogen-bond acceptors (Lipinski definition) is 4. The Morgan fingerprint density at radius 3 is 2.82 bits per heavy atom. The molecule has 1 heterocycles. The van der Waals surface area contributed by atoms with E-state index in [1.165, 1.54) is 12.1 Å². The first-order valence-corrected chi connectivity index (χ1v) is 5.50. The van der Waals surface area contributed by atoms with Gasteiger partial charge in [0.2, 0.25) is 0 Å². The maximum absolute atomic E-state index is 12.6. The predicted octanol–water partition coefficient (Wildman–Crippen LogP) is 1.11. The summed E-state index contributed by atoms with van der Waals surface area (Å²) in [5, 5.41) is 9.15. The van der Waals surface area contributed by atoms with E-state index < -0.39 is 11.9 Å². The number of hydrogen-bond donors (Lipinski definition) is 1. The highest BCUT2D eigenvalue weighted by molar-refractivity contribution is 5.94. The normalized spacial score (nSPS) is 12.8. The van der Waals surface area contributed by atoms with Gasteiger partial charge in [0.25, 0.3) is 0 Å². The number of carbonyl (C=O) groups excluding carboxylic acids is 1. The Morgan fingerprint density at radius 2 is 2.29 bits per heavy atom. The first-order valence-electron chi connectivity index (χ1n) is 5.50. The van der Waals surface area contributed by atoms with Crippen molar-refractivity contribution in [2.75, 3.05) is 20.1 Å². The highest BCUT2D eigenvalue weighted by Crippen LogP contribution is 2.03. The van der Waals surface area contributed by atoms with Crippen LogP contribution in [-0.4, -0.2) is 47.0 Å². The van der Waals surface area contributed by atoms with E-state index in [0.717, 1.165) is 6.20 Å². The number of nitrogens with zero attached hydrogens (tertiary/aromatic N) is 2. The molecule has 4 nitrogen and oxygen atoms in total. The lowest BCUT2D eigenvalue weighted by molar-refractivity contribution is 0.0943. The molecule has 0 amide bonds. The average Bonchev–Trinajstić information content (AvgIpc) is 2.26. The van der Waals surface area contributed by atoms with Gasteiger partial charge in [0.15, 0.2) is 5.78 Å². The number of aromatic nitrogens is 1. The van der Waals surface area contributed by atoms with E-state index in [4.69, 9.17) is 5.11 Å². The summed E-state index contributed by atoms with van der Waals surface area (Å²) in [6, 6.07) is 2.60. The number of ketones is 1. The molecule has 0 bridgehead atoms. The third-order valence-electron chi connectivity index (χ3n) is 2.31. The molecular formula is C12H17FN2O2. The zero-order chi connectivity index (χ0) is 12.8. The number of rotatable bonds is 6. The molecule has 0 aromatic carbocycles. The van der Waals surface area contributed by atoms with Crippen molar-refractivity contribution < 1.29 is 14.3 Å². The zero-order valence-electron chi connectivity index (χ0n) is 10.1. The second kappa shape index (κ2) is 6.42. The third-order valence-corrected chi connectivity index (χ3v) is 2.31. The van der Waals surface area contributed by atoms with Crippen LogP contribution in [0.25, 0.3) is 0 Å². The van der Waals surface area contributed by atoms with E-state index in [-0.39, 0.29) is 11.5 Å². The number of aliphatic hydroxyl groups excluding tert-OH is 1. The van der Waals surface area contributed by atoms with Gasteiger partial charge >= 0.3 is 0 Å². The molecule has 94 valence electrons. The van der Waals surface area contributed by atoms with Crippen molar-refractivity contribution in [2.45, 2.75) is 19.4 Å². The summed E-state index contributed by atoms with van der Waals surface area (Å²) in [7, 11) is 1.83. The highest BCUT2D eigenvalue weighted by Gasteiger charge is 2.10. The fourth-order valence-electron chi connectivity index (χ4n) is 1.50. The van der Waals surface area contributed by atoms with Crippen molar-refractivity contribution in [3.63, 3.8) is 0 Å². The number of likely N-dealkylation sites (N-methyl/N-ethyl adjacent to an activating group) is 1. The van der Waals surface area contributed by atoms with E-state index in [0.29, 0.717) is 19.5 Å². The molecule has 0 aliphatic heterocycles. The van der Waals surface area contributed by atoms with E-state index in [9.17, 15) is 9.18 Å². The van der Waals surface area contributed by atoms with Gasteiger partial charge < -0.3 is 10.0 Å². The van der Waals surface area contributed by atoms with Gasteiger partial charge in [-0.3, -0.25) is 9.78 Å². The molecule has 0 radical (unpaired) electrons. The molecule has 1 unspecified atom stereocenters. The van der Waals surface area contributed by atoms with Gasteiger partial charge in [-0.05, 0) is 26.1 Å². The van der Waals surface area contributed by atoms with Gasteiger partial charge in [-0.25, -0.2) is 4.39 Å². The van der Waals surface area contributed by atoms with Crippen LogP contribution >= 0.6 is 0 Å². The molecule has 0 saturated carbocycles. The van der Waals surface area contributed by atoms with Gasteiger partial charge in [0.05, 0.1) is 12.3 Å². The van der Waals surface area contributed by atoms with Gasteiger partial charge in [0.1, 0.15) is 11.5 Å².